The van der Waals surface area contributed by atoms with Crippen LogP contribution in [0.1, 0.15) is 18.4 Å². The van der Waals surface area contributed by atoms with Gasteiger partial charge in [-0.15, -0.1) is 0 Å². The van der Waals surface area contributed by atoms with Gasteiger partial charge in [0.15, 0.2) is 0 Å². The highest BCUT2D eigenvalue weighted by Crippen LogP contribution is 2.28. The molecule has 0 saturated heterocycles. The van der Waals surface area contributed by atoms with Gasteiger partial charge in [-0.25, -0.2) is 5.84 Å². The summed E-state index contributed by atoms with van der Waals surface area (Å²) >= 11 is 1.58. The fourth-order valence-corrected chi connectivity index (χ4v) is 2.18. The number of carbonyl (C=O) groups is 2. The molecule has 0 atom stereocenters. The van der Waals surface area contributed by atoms with Gasteiger partial charge in [-0.05, 0) is 35.2 Å². The van der Waals surface area contributed by atoms with Crippen molar-refractivity contribution in [2.75, 3.05) is 0 Å². The van der Waals surface area contributed by atoms with Crippen LogP contribution in [0.4, 0.5) is 0 Å². The van der Waals surface area contributed by atoms with E-state index >= 15 is 0 Å². The Labute approximate surface area is 97.2 Å². The lowest BCUT2D eigenvalue weighted by Gasteiger charge is -2.20. The molecule has 0 aliphatic heterocycles. The number of carbonyl (C=O) groups excluding carboxylic acids is 2. The predicted octanol–water partition coefficient (Wildman–Crippen LogP) is 0.229. The fraction of sp³-hybridized carbons (Fsp3) is 0.400. The molecule has 1 fully saturated rings. The van der Waals surface area contributed by atoms with Gasteiger partial charge in [-0.1, -0.05) is 0 Å². The molecule has 1 heterocycles. The van der Waals surface area contributed by atoms with Crippen molar-refractivity contribution in [3.05, 3.63) is 22.4 Å². The van der Waals surface area contributed by atoms with Gasteiger partial charge in [0.2, 0.25) is 0 Å². The van der Waals surface area contributed by atoms with Crippen LogP contribution in [0, 0.1) is 0 Å². The summed E-state index contributed by atoms with van der Waals surface area (Å²) in [6.07, 6.45) is 1.93. The van der Waals surface area contributed by atoms with Gasteiger partial charge >= 0.3 is 11.8 Å². The van der Waals surface area contributed by atoms with Crippen LogP contribution >= 0.6 is 11.3 Å². The lowest BCUT2D eigenvalue weighted by molar-refractivity contribution is -0.146. The zero-order chi connectivity index (χ0) is 11.5. The first-order valence-corrected chi connectivity index (χ1v) is 5.99. The summed E-state index contributed by atoms with van der Waals surface area (Å²) in [7, 11) is 0. The SMILES string of the molecule is NNC(=O)C(=O)N(Cc1ccsc1)C1CC1. The molecular formula is C10H13N3O2S. The maximum absolute atomic E-state index is 11.7. The molecule has 1 aliphatic carbocycles. The van der Waals surface area contributed by atoms with Gasteiger partial charge in [0, 0.05) is 12.6 Å². The molecule has 1 aliphatic rings. The van der Waals surface area contributed by atoms with Crippen LogP contribution in [0.15, 0.2) is 16.8 Å². The van der Waals surface area contributed by atoms with Crippen LogP contribution in [-0.2, 0) is 16.1 Å². The van der Waals surface area contributed by atoms with E-state index in [2.05, 4.69) is 0 Å². The van der Waals surface area contributed by atoms with Gasteiger partial charge < -0.3 is 4.90 Å². The second-order valence-corrected chi connectivity index (χ2v) is 4.55. The average Bonchev–Trinajstić information content (AvgIpc) is 3.01. The fourth-order valence-electron chi connectivity index (χ4n) is 1.52. The molecule has 1 saturated carbocycles. The monoisotopic (exact) mass is 239 g/mol. The Kier molecular flexibility index (Phi) is 3.21. The summed E-state index contributed by atoms with van der Waals surface area (Å²) in [5.74, 6) is 3.67. The first-order chi connectivity index (χ1) is 7.72. The summed E-state index contributed by atoms with van der Waals surface area (Å²) in [6, 6.07) is 2.15. The third-order valence-electron chi connectivity index (χ3n) is 2.51. The number of hydrogen-bond donors (Lipinski definition) is 2. The van der Waals surface area contributed by atoms with Crippen molar-refractivity contribution in [2.24, 2.45) is 5.84 Å². The van der Waals surface area contributed by atoms with E-state index in [0.29, 0.717) is 6.54 Å². The third-order valence-corrected chi connectivity index (χ3v) is 3.24. The second-order valence-electron chi connectivity index (χ2n) is 3.77. The van der Waals surface area contributed by atoms with Crippen molar-refractivity contribution in [1.82, 2.24) is 10.3 Å². The molecule has 6 heteroatoms. The number of hydrogen-bond acceptors (Lipinski definition) is 4. The number of rotatable bonds is 3. The third kappa shape index (κ3) is 2.40. The van der Waals surface area contributed by atoms with Crippen LogP contribution in [-0.4, -0.2) is 22.8 Å². The molecule has 1 aromatic heterocycles. The van der Waals surface area contributed by atoms with Crippen molar-refractivity contribution in [3.63, 3.8) is 0 Å². The highest BCUT2D eigenvalue weighted by atomic mass is 32.1. The van der Waals surface area contributed by atoms with E-state index in [0.717, 1.165) is 18.4 Å². The molecule has 5 nitrogen and oxygen atoms in total. The zero-order valence-corrected chi connectivity index (χ0v) is 9.50. The second kappa shape index (κ2) is 4.63. The minimum absolute atomic E-state index is 0.199. The average molecular weight is 239 g/mol. The molecule has 16 heavy (non-hydrogen) atoms. The van der Waals surface area contributed by atoms with E-state index < -0.39 is 11.8 Å². The van der Waals surface area contributed by atoms with E-state index in [-0.39, 0.29) is 6.04 Å². The van der Waals surface area contributed by atoms with Crippen LogP contribution in [0.25, 0.3) is 0 Å². The highest BCUT2D eigenvalue weighted by molar-refractivity contribution is 7.07. The van der Waals surface area contributed by atoms with Crippen LogP contribution < -0.4 is 11.3 Å². The maximum Gasteiger partial charge on any atom is 0.323 e. The number of amides is 2. The van der Waals surface area contributed by atoms with Crippen LogP contribution in [0.3, 0.4) is 0 Å². The Hall–Kier alpha value is -1.40. The molecule has 3 N–H and O–H groups in total. The normalized spacial score (nSPS) is 14.6. The van der Waals surface area contributed by atoms with Gasteiger partial charge in [0.1, 0.15) is 0 Å². The molecule has 2 rings (SSSR count). The summed E-state index contributed by atoms with van der Waals surface area (Å²) < 4.78 is 0. The van der Waals surface area contributed by atoms with E-state index in [9.17, 15) is 9.59 Å². The highest BCUT2D eigenvalue weighted by Gasteiger charge is 2.35. The maximum atomic E-state index is 11.7. The number of nitrogens with zero attached hydrogens (tertiary/aromatic N) is 1. The number of hydrazine groups is 1. The molecule has 0 radical (unpaired) electrons. The van der Waals surface area contributed by atoms with Gasteiger partial charge in [0.25, 0.3) is 0 Å². The van der Waals surface area contributed by atoms with Gasteiger partial charge in [0.05, 0.1) is 0 Å². The molecule has 2 amide bonds. The van der Waals surface area contributed by atoms with Crippen LogP contribution in [0.5, 0.6) is 0 Å². The molecule has 0 spiro atoms. The Bertz CT molecular complexity index is 387. The summed E-state index contributed by atoms with van der Waals surface area (Å²) in [4.78, 5) is 24.5. The largest absolute Gasteiger partial charge is 0.327 e. The van der Waals surface area contributed by atoms with Crippen molar-refractivity contribution >= 4 is 23.2 Å². The topological polar surface area (TPSA) is 75.4 Å². The smallest absolute Gasteiger partial charge is 0.323 e. The van der Waals surface area contributed by atoms with Crippen molar-refractivity contribution in [1.29, 1.82) is 0 Å². The molecule has 0 bridgehead atoms. The molecule has 86 valence electrons. The molecule has 0 aromatic carbocycles. The van der Waals surface area contributed by atoms with Crippen LogP contribution in [0.2, 0.25) is 0 Å². The number of thiophene rings is 1. The Morgan fingerprint density at radius 2 is 2.31 bits per heavy atom. The summed E-state index contributed by atoms with van der Waals surface area (Å²) in [5, 5.41) is 3.93. The van der Waals surface area contributed by atoms with Crippen molar-refractivity contribution < 1.29 is 9.59 Å². The summed E-state index contributed by atoms with van der Waals surface area (Å²) in [5.41, 5.74) is 2.93. The minimum Gasteiger partial charge on any atom is -0.327 e. The molecule has 0 unspecified atom stereocenters. The van der Waals surface area contributed by atoms with E-state index in [1.807, 2.05) is 22.3 Å². The first-order valence-electron chi connectivity index (χ1n) is 5.05. The lowest BCUT2D eigenvalue weighted by atomic mass is 10.3. The quantitative estimate of drug-likeness (QED) is 0.343. The van der Waals surface area contributed by atoms with Gasteiger partial charge in [-0.3, -0.25) is 15.0 Å². The van der Waals surface area contributed by atoms with Crippen molar-refractivity contribution in [2.45, 2.75) is 25.4 Å². The number of nitrogens with two attached hydrogens (primary N) is 1. The Morgan fingerprint density at radius 3 is 2.81 bits per heavy atom. The minimum atomic E-state index is -0.748. The van der Waals surface area contributed by atoms with Gasteiger partial charge in [-0.2, -0.15) is 11.3 Å². The predicted molar refractivity (Wildman–Crippen MR) is 60.2 cm³/mol. The molecular weight excluding hydrogens is 226 g/mol. The number of nitrogens with one attached hydrogen (secondary N) is 1. The zero-order valence-electron chi connectivity index (χ0n) is 8.68. The lowest BCUT2D eigenvalue weighted by Crippen LogP contribution is -2.46. The summed E-state index contributed by atoms with van der Waals surface area (Å²) in [6.45, 7) is 0.487. The first kappa shape index (κ1) is 11.1. The standard InChI is InChI=1S/C10H13N3O2S/c11-12-9(14)10(15)13(8-1-2-8)5-7-3-4-16-6-7/h3-4,6,8H,1-2,5,11H2,(H,12,14). The van der Waals surface area contributed by atoms with E-state index in [1.54, 1.807) is 16.2 Å². The van der Waals surface area contributed by atoms with Crippen molar-refractivity contribution in [3.8, 4) is 0 Å². The van der Waals surface area contributed by atoms with E-state index in [4.69, 9.17) is 5.84 Å². The Balaban J connectivity index is 2.05. The Morgan fingerprint density at radius 1 is 1.56 bits per heavy atom. The van der Waals surface area contributed by atoms with E-state index in [1.165, 1.54) is 0 Å². The molecule has 1 aromatic rings.